The number of para-hydroxylation sites is 2. The van der Waals surface area contributed by atoms with Crippen LogP contribution in [0.1, 0.15) is 35.2 Å². The van der Waals surface area contributed by atoms with Crippen molar-refractivity contribution < 1.29 is 4.79 Å². The summed E-state index contributed by atoms with van der Waals surface area (Å²) in [6, 6.07) is 33.3. The molecular weight excluding hydrogens is 644 g/mol. The summed E-state index contributed by atoms with van der Waals surface area (Å²) in [6.45, 7) is 4.57. The normalized spacial score (nSPS) is 14.8. The van der Waals surface area contributed by atoms with Crippen LogP contribution >= 0.6 is 27.3 Å². The van der Waals surface area contributed by atoms with Crippen LogP contribution in [0.3, 0.4) is 0 Å². The number of nitrogens with zero attached hydrogens (tertiary/aromatic N) is 3. The Kier molecular flexibility index (Phi) is 7.69. The SMILES string of the molecule is CC1=C(C(=O)Nc2ccccc2)[C@@H](c2ccc(C)cc2)n2c(s/c(=C/c3cn(Cc4ccc(Br)cc4)c4ccccc34)c2=O)=N1. The molecule has 1 aliphatic rings. The van der Waals surface area contributed by atoms with E-state index in [2.05, 4.69) is 56.3 Å². The highest BCUT2D eigenvalue weighted by molar-refractivity contribution is 9.10. The number of rotatable bonds is 6. The Morgan fingerprint density at radius 3 is 2.40 bits per heavy atom. The molecule has 0 radical (unpaired) electrons. The molecule has 1 amide bonds. The first-order valence-corrected chi connectivity index (χ1v) is 16.2. The predicted octanol–water partition coefficient (Wildman–Crippen LogP) is 6.95. The lowest BCUT2D eigenvalue weighted by Crippen LogP contribution is -2.40. The van der Waals surface area contributed by atoms with Crippen molar-refractivity contribution in [1.29, 1.82) is 0 Å². The molecule has 2 aromatic heterocycles. The number of halogens is 1. The van der Waals surface area contributed by atoms with Gasteiger partial charge in [0.25, 0.3) is 11.5 Å². The van der Waals surface area contributed by atoms with Gasteiger partial charge in [0, 0.05) is 39.4 Å². The van der Waals surface area contributed by atoms with E-state index in [1.165, 1.54) is 16.9 Å². The van der Waals surface area contributed by atoms with Gasteiger partial charge in [-0.3, -0.25) is 14.2 Å². The van der Waals surface area contributed by atoms with Gasteiger partial charge in [-0.05, 0) is 61.4 Å². The molecule has 1 N–H and O–H groups in total. The summed E-state index contributed by atoms with van der Waals surface area (Å²) >= 11 is 4.87. The molecule has 7 rings (SSSR count). The zero-order valence-corrected chi connectivity index (χ0v) is 27.1. The van der Waals surface area contributed by atoms with Crippen molar-refractivity contribution in [2.75, 3.05) is 5.32 Å². The van der Waals surface area contributed by atoms with Gasteiger partial charge in [0.05, 0.1) is 21.8 Å². The molecule has 222 valence electrons. The van der Waals surface area contributed by atoms with Crippen molar-refractivity contribution in [3.8, 4) is 0 Å². The minimum atomic E-state index is -0.619. The zero-order valence-electron chi connectivity index (χ0n) is 24.7. The van der Waals surface area contributed by atoms with E-state index in [1.54, 1.807) is 4.57 Å². The van der Waals surface area contributed by atoms with Crippen molar-refractivity contribution in [2.45, 2.75) is 26.4 Å². The van der Waals surface area contributed by atoms with Crippen molar-refractivity contribution in [3.63, 3.8) is 0 Å². The fourth-order valence-corrected chi connectivity index (χ4v) is 7.15. The summed E-state index contributed by atoms with van der Waals surface area (Å²) in [6.07, 6.45) is 4.06. The van der Waals surface area contributed by atoms with Crippen molar-refractivity contribution in [1.82, 2.24) is 9.13 Å². The molecule has 1 atom stereocenters. The highest BCUT2D eigenvalue weighted by Gasteiger charge is 2.32. The number of benzene rings is 4. The summed E-state index contributed by atoms with van der Waals surface area (Å²) < 4.78 is 5.50. The average Bonchev–Trinajstić information content (AvgIpc) is 3.54. The van der Waals surface area contributed by atoms with Gasteiger partial charge >= 0.3 is 0 Å². The van der Waals surface area contributed by atoms with Crippen molar-refractivity contribution >= 4 is 55.8 Å². The molecule has 0 unspecified atom stereocenters. The first-order valence-electron chi connectivity index (χ1n) is 14.6. The third-order valence-electron chi connectivity index (χ3n) is 8.06. The number of carbonyl (C=O) groups excluding carboxylic acids is 1. The van der Waals surface area contributed by atoms with E-state index in [4.69, 9.17) is 4.99 Å². The summed E-state index contributed by atoms with van der Waals surface area (Å²) in [5, 5.41) is 4.08. The van der Waals surface area contributed by atoms with Gasteiger partial charge in [-0.2, -0.15) is 0 Å². The van der Waals surface area contributed by atoms with E-state index in [-0.39, 0.29) is 11.5 Å². The molecule has 8 heteroatoms. The molecule has 0 fully saturated rings. The molecule has 1 aliphatic heterocycles. The van der Waals surface area contributed by atoms with Crippen LogP contribution in [0.5, 0.6) is 0 Å². The summed E-state index contributed by atoms with van der Waals surface area (Å²) in [4.78, 5) is 33.5. The number of aromatic nitrogens is 2. The minimum absolute atomic E-state index is 0.174. The molecule has 0 saturated carbocycles. The zero-order chi connectivity index (χ0) is 31.1. The van der Waals surface area contributed by atoms with Crippen LogP contribution in [-0.4, -0.2) is 15.0 Å². The van der Waals surface area contributed by atoms with Crippen molar-refractivity contribution in [3.05, 3.63) is 167 Å². The molecule has 3 heterocycles. The monoisotopic (exact) mass is 672 g/mol. The number of nitrogens with one attached hydrogen (secondary N) is 1. The molecule has 0 bridgehead atoms. The maximum absolute atomic E-state index is 14.3. The second-order valence-corrected chi connectivity index (χ2v) is 13.1. The molecular formula is C37H29BrN4O2S. The summed E-state index contributed by atoms with van der Waals surface area (Å²) in [5.41, 5.74) is 6.73. The van der Waals surface area contributed by atoms with Gasteiger partial charge in [0.2, 0.25) is 0 Å². The number of fused-ring (bicyclic) bond motifs is 2. The molecule has 45 heavy (non-hydrogen) atoms. The smallest absolute Gasteiger partial charge is 0.271 e. The molecule has 6 nitrogen and oxygen atoms in total. The Bertz CT molecular complexity index is 2280. The number of anilines is 1. The van der Waals surface area contributed by atoms with E-state index in [0.717, 1.165) is 32.1 Å². The quantitative estimate of drug-likeness (QED) is 0.208. The van der Waals surface area contributed by atoms with Gasteiger partial charge in [-0.25, -0.2) is 4.99 Å². The summed E-state index contributed by atoms with van der Waals surface area (Å²) in [5.74, 6) is -0.279. The van der Waals surface area contributed by atoms with Gasteiger partial charge in [0.1, 0.15) is 0 Å². The van der Waals surface area contributed by atoms with Gasteiger partial charge < -0.3 is 9.88 Å². The first-order chi connectivity index (χ1) is 21.9. The predicted molar refractivity (Wildman–Crippen MR) is 185 cm³/mol. The molecule has 0 spiro atoms. The topological polar surface area (TPSA) is 68.4 Å². The summed E-state index contributed by atoms with van der Waals surface area (Å²) in [7, 11) is 0. The van der Waals surface area contributed by atoms with Crippen LogP contribution in [-0.2, 0) is 11.3 Å². The van der Waals surface area contributed by atoms with Gasteiger partial charge in [-0.1, -0.05) is 106 Å². The van der Waals surface area contributed by atoms with E-state index >= 15 is 0 Å². The lowest BCUT2D eigenvalue weighted by Gasteiger charge is -2.25. The molecule has 0 saturated heterocycles. The lowest BCUT2D eigenvalue weighted by atomic mass is 9.94. The highest BCUT2D eigenvalue weighted by Crippen LogP contribution is 2.31. The van der Waals surface area contributed by atoms with Gasteiger partial charge in [0.15, 0.2) is 4.80 Å². The fourth-order valence-electron chi connectivity index (χ4n) is 5.84. The van der Waals surface area contributed by atoms with Crippen LogP contribution in [0, 0.1) is 6.92 Å². The Labute approximate surface area is 272 Å². The van der Waals surface area contributed by atoms with Crippen LogP contribution in [0.2, 0.25) is 0 Å². The number of amides is 1. The number of hydrogen-bond donors (Lipinski definition) is 1. The third kappa shape index (κ3) is 5.63. The van der Waals surface area contributed by atoms with E-state index in [1.807, 2.05) is 98.8 Å². The first kappa shape index (κ1) is 29.0. The lowest BCUT2D eigenvalue weighted by molar-refractivity contribution is -0.113. The maximum Gasteiger partial charge on any atom is 0.271 e. The second-order valence-electron chi connectivity index (χ2n) is 11.2. The Morgan fingerprint density at radius 1 is 0.933 bits per heavy atom. The Hall–Kier alpha value is -4.79. The standard InChI is InChI=1S/C37H29BrN4O2S/c1-23-12-16-26(17-13-23)34-33(35(43)40-29-8-4-3-5-9-29)24(2)39-37-42(34)36(44)32(45-37)20-27-22-41(31-11-7-6-10-30(27)31)21-25-14-18-28(38)19-15-25/h3-20,22,34H,21H2,1-2H3,(H,40,43)/b32-20+/t34-/m1/s1. The maximum atomic E-state index is 14.3. The fraction of sp³-hybridized carbons (Fsp3) is 0.108. The number of carbonyl (C=O) groups is 1. The van der Waals surface area contributed by atoms with E-state index in [9.17, 15) is 9.59 Å². The van der Waals surface area contributed by atoms with Crippen LogP contribution in [0.4, 0.5) is 5.69 Å². The number of allylic oxidation sites excluding steroid dienone is 1. The number of aryl methyl sites for hydroxylation is 1. The number of hydrogen-bond acceptors (Lipinski definition) is 4. The molecule has 0 aliphatic carbocycles. The van der Waals surface area contributed by atoms with E-state index in [0.29, 0.717) is 32.8 Å². The Balaban J connectivity index is 1.35. The van der Waals surface area contributed by atoms with E-state index < -0.39 is 6.04 Å². The van der Waals surface area contributed by atoms with Crippen molar-refractivity contribution in [2.24, 2.45) is 4.99 Å². The molecule has 6 aromatic rings. The largest absolute Gasteiger partial charge is 0.342 e. The second kappa shape index (κ2) is 12.0. The van der Waals surface area contributed by atoms with Crippen LogP contribution < -0.4 is 20.2 Å². The average molecular weight is 674 g/mol. The van der Waals surface area contributed by atoms with Gasteiger partial charge in [-0.15, -0.1) is 0 Å². The third-order valence-corrected chi connectivity index (χ3v) is 9.57. The number of thiazole rings is 1. The van der Waals surface area contributed by atoms with Crippen LogP contribution in [0.15, 0.2) is 135 Å². The highest BCUT2D eigenvalue weighted by atomic mass is 79.9. The van der Waals surface area contributed by atoms with Crippen LogP contribution in [0.25, 0.3) is 17.0 Å². The molecule has 4 aromatic carbocycles. The Morgan fingerprint density at radius 2 is 1.64 bits per heavy atom. The minimum Gasteiger partial charge on any atom is -0.342 e.